The number of hydrogen-bond donors (Lipinski definition) is 1. The van der Waals surface area contributed by atoms with Crippen LogP contribution in [-0.2, 0) is 4.79 Å². The zero-order valence-corrected chi connectivity index (χ0v) is 15.1. The largest absolute Gasteiger partial charge is 0.491 e. The van der Waals surface area contributed by atoms with Gasteiger partial charge in [0.1, 0.15) is 11.6 Å². The fourth-order valence-corrected chi connectivity index (χ4v) is 3.62. The molecule has 0 spiro atoms. The number of para-hydroxylation sites is 3. The number of amides is 1. The van der Waals surface area contributed by atoms with Gasteiger partial charge in [-0.15, -0.1) is 0 Å². The minimum Gasteiger partial charge on any atom is -0.491 e. The molecule has 5 nitrogen and oxygen atoms in total. The van der Waals surface area contributed by atoms with E-state index in [1.54, 1.807) is 12.1 Å². The lowest BCUT2D eigenvalue weighted by Gasteiger charge is -2.23. The molecule has 1 saturated heterocycles. The molecule has 1 atom stereocenters. The molecule has 134 valence electrons. The van der Waals surface area contributed by atoms with Crippen LogP contribution in [0.25, 0.3) is 11.0 Å². The zero-order valence-electron chi connectivity index (χ0n) is 14.3. The number of nitrogens with zero attached hydrogens (tertiary/aromatic N) is 2. The predicted molar refractivity (Wildman–Crippen MR) is 101 cm³/mol. The molecule has 0 unspecified atom stereocenters. The van der Waals surface area contributed by atoms with Crippen molar-refractivity contribution in [3.63, 3.8) is 0 Å². The highest BCUT2D eigenvalue weighted by atomic mass is 35.5. The molecule has 3 aromatic rings. The van der Waals surface area contributed by atoms with Gasteiger partial charge < -0.3 is 14.6 Å². The molecule has 2 heterocycles. The van der Waals surface area contributed by atoms with Gasteiger partial charge in [0.15, 0.2) is 0 Å². The first-order valence-electron chi connectivity index (χ1n) is 8.84. The third kappa shape index (κ3) is 3.40. The summed E-state index contributed by atoms with van der Waals surface area (Å²) in [6, 6.07) is 15.2. The lowest BCUT2D eigenvalue weighted by Crippen LogP contribution is -2.32. The molecule has 1 amide bonds. The predicted octanol–water partition coefficient (Wildman–Crippen LogP) is 4.35. The number of H-pyrrole nitrogens is 1. The average Bonchev–Trinajstić information content (AvgIpc) is 3.29. The second-order valence-corrected chi connectivity index (χ2v) is 6.82. The van der Waals surface area contributed by atoms with E-state index in [4.69, 9.17) is 16.3 Å². The maximum atomic E-state index is 12.7. The van der Waals surface area contributed by atoms with Crippen LogP contribution in [0, 0.1) is 0 Å². The van der Waals surface area contributed by atoms with Crippen molar-refractivity contribution in [3.8, 4) is 5.75 Å². The minimum absolute atomic E-state index is 0.00946. The number of carbonyl (C=O) groups is 1. The normalized spacial score (nSPS) is 17.0. The van der Waals surface area contributed by atoms with Gasteiger partial charge >= 0.3 is 0 Å². The van der Waals surface area contributed by atoms with E-state index in [2.05, 4.69) is 9.97 Å². The van der Waals surface area contributed by atoms with Crippen LogP contribution in [0.4, 0.5) is 0 Å². The van der Waals surface area contributed by atoms with Crippen LogP contribution in [-0.4, -0.2) is 33.9 Å². The maximum absolute atomic E-state index is 12.7. The molecule has 0 aliphatic carbocycles. The van der Waals surface area contributed by atoms with Crippen molar-refractivity contribution in [2.24, 2.45) is 0 Å². The molecule has 0 saturated carbocycles. The Hall–Kier alpha value is -2.53. The number of benzene rings is 2. The number of aromatic amines is 1. The smallest absolute Gasteiger partial charge is 0.226 e. The first-order chi connectivity index (χ1) is 12.7. The molecule has 26 heavy (non-hydrogen) atoms. The second-order valence-electron chi connectivity index (χ2n) is 6.41. The Bertz CT molecular complexity index is 891. The Balaban J connectivity index is 1.41. The van der Waals surface area contributed by atoms with E-state index in [0.717, 1.165) is 36.2 Å². The highest BCUT2D eigenvalue weighted by molar-refractivity contribution is 6.32. The van der Waals surface area contributed by atoms with Gasteiger partial charge in [-0.3, -0.25) is 4.79 Å². The topological polar surface area (TPSA) is 58.2 Å². The molecule has 4 rings (SSSR count). The van der Waals surface area contributed by atoms with Crippen LogP contribution >= 0.6 is 11.6 Å². The van der Waals surface area contributed by atoms with Gasteiger partial charge in [-0.25, -0.2) is 4.98 Å². The molecule has 1 fully saturated rings. The highest BCUT2D eigenvalue weighted by Crippen LogP contribution is 2.32. The van der Waals surface area contributed by atoms with Crippen LogP contribution in [0.15, 0.2) is 48.5 Å². The molecule has 2 aromatic carbocycles. The Morgan fingerprint density at radius 1 is 1.23 bits per heavy atom. The number of halogens is 1. The van der Waals surface area contributed by atoms with Crippen molar-refractivity contribution in [3.05, 3.63) is 59.4 Å². The van der Waals surface area contributed by atoms with Gasteiger partial charge in [0.05, 0.1) is 35.1 Å². The van der Waals surface area contributed by atoms with E-state index in [1.807, 2.05) is 41.3 Å². The summed E-state index contributed by atoms with van der Waals surface area (Å²) in [7, 11) is 0. The van der Waals surface area contributed by atoms with E-state index in [9.17, 15) is 4.79 Å². The van der Waals surface area contributed by atoms with Crippen LogP contribution in [0.5, 0.6) is 5.75 Å². The SMILES string of the molecule is O=C(CCOc1ccccc1Cl)N1CCC[C@H]1c1nc2ccccc2[nH]1. The molecule has 0 bridgehead atoms. The third-order valence-corrected chi connectivity index (χ3v) is 5.02. The number of fused-ring (bicyclic) bond motifs is 1. The van der Waals surface area contributed by atoms with E-state index < -0.39 is 0 Å². The molecule has 1 aromatic heterocycles. The van der Waals surface area contributed by atoms with Crippen LogP contribution in [0.1, 0.15) is 31.1 Å². The number of aromatic nitrogens is 2. The number of nitrogens with one attached hydrogen (secondary N) is 1. The summed E-state index contributed by atoms with van der Waals surface area (Å²) in [5, 5.41) is 0.557. The summed E-state index contributed by atoms with van der Waals surface area (Å²) < 4.78 is 5.65. The average molecular weight is 370 g/mol. The fourth-order valence-electron chi connectivity index (χ4n) is 3.43. The number of likely N-dealkylation sites (tertiary alicyclic amines) is 1. The Kier molecular flexibility index (Phi) is 4.80. The quantitative estimate of drug-likeness (QED) is 0.727. The fraction of sp³-hybridized carbons (Fsp3) is 0.300. The van der Waals surface area contributed by atoms with Gasteiger partial charge in [-0.1, -0.05) is 35.9 Å². The maximum Gasteiger partial charge on any atom is 0.226 e. The molecular formula is C20H20ClN3O2. The summed E-state index contributed by atoms with van der Waals surface area (Å²) in [5.74, 6) is 1.56. The third-order valence-electron chi connectivity index (χ3n) is 4.71. The second kappa shape index (κ2) is 7.38. The van der Waals surface area contributed by atoms with Crippen molar-refractivity contribution < 1.29 is 9.53 Å². The number of imidazole rings is 1. The first-order valence-corrected chi connectivity index (χ1v) is 9.21. The van der Waals surface area contributed by atoms with Gasteiger partial charge in [0.2, 0.25) is 5.91 Å². The lowest BCUT2D eigenvalue weighted by atomic mass is 10.2. The minimum atomic E-state index is 0.00946. The van der Waals surface area contributed by atoms with Crippen molar-refractivity contribution in [1.29, 1.82) is 0 Å². The lowest BCUT2D eigenvalue weighted by molar-refractivity contribution is -0.132. The Morgan fingerprint density at radius 2 is 2.04 bits per heavy atom. The van der Waals surface area contributed by atoms with Crippen molar-refractivity contribution in [2.45, 2.75) is 25.3 Å². The summed E-state index contributed by atoms with van der Waals surface area (Å²) in [6.07, 6.45) is 2.23. The number of ether oxygens (including phenoxy) is 1. The van der Waals surface area contributed by atoms with Crippen LogP contribution in [0.2, 0.25) is 5.02 Å². The molecule has 0 radical (unpaired) electrons. The van der Waals surface area contributed by atoms with Crippen LogP contribution < -0.4 is 4.74 Å². The summed E-state index contributed by atoms with van der Waals surface area (Å²) in [5.41, 5.74) is 1.94. The molecular weight excluding hydrogens is 350 g/mol. The van der Waals surface area contributed by atoms with Gasteiger partial charge in [0.25, 0.3) is 0 Å². The first kappa shape index (κ1) is 16.9. The van der Waals surface area contributed by atoms with Gasteiger partial charge in [-0.05, 0) is 37.1 Å². The monoisotopic (exact) mass is 369 g/mol. The van der Waals surface area contributed by atoms with Crippen LogP contribution in [0.3, 0.4) is 0 Å². The molecule has 1 N–H and O–H groups in total. The molecule has 6 heteroatoms. The number of hydrogen-bond acceptors (Lipinski definition) is 3. The molecule has 1 aliphatic heterocycles. The van der Waals surface area contributed by atoms with Crippen molar-refractivity contribution in [2.75, 3.05) is 13.2 Å². The van der Waals surface area contributed by atoms with E-state index in [1.165, 1.54) is 0 Å². The Labute approximate surface area is 156 Å². The van der Waals surface area contributed by atoms with Crippen molar-refractivity contribution in [1.82, 2.24) is 14.9 Å². The van der Waals surface area contributed by atoms with Gasteiger partial charge in [0, 0.05) is 6.54 Å². The summed E-state index contributed by atoms with van der Waals surface area (Å²) in [6.45, 7) is 1.07. The number of carbonyl (C=O) groups excluding carboxylic acids is 1. The number of rotatable bonds is 5. The summed E-state index contributed by atoms with van der Waals surface area (Å²) >= 11 is 6.08. The zero-order chi connectivity index (χ0) is 17.9. The van der Waals surface area contributed by atoms with E-state index >= 15 is 0 Å². The van der Waals surface area contributed by atoms with E-state index in [-0.39, 0.29) is 11.9 Å². The Morgan fingerprint density at radius 3 is 2.88 bits per heavy atom. The standard InChI is InChI=1S/C20H20ClN3O2/c21-14-6-1-4-10-18(14)26-13-11-19(25)24-12-5-9-17(24)20-22-15-7-2-3-8-16(15)23-20/h1-4,6-8,10,17H,5,9,11-13H2,(H,22,23)/t17-/m0/s1. The van der Waals surface area contributed by atoms with Crippen molar-refractivity contribution >= 4 is 28.5 Å². The summed E-state index contributed by atoms with van der Waals surface area (Å²) in [4.78, 5) is 22.6. The van der Waals surface area contributed by atoms with E-state index in [0.29, 0.717) is 23.8 Å². The van der Waals surface area contributed by atoms with Gasteiger partial charge in [-0.2, -0.15) is 0 Å². The molecule has 1 aliphatic rings. The highest BCUT2D eigenvalue weighted by Gasteiger charge is 2.31.